The van der Waals surface area contributed by atoms with Crippen LogP contribution in [0.5, 0.6) is 5.75 Å². The van der Waals surface area contributed by atoms with Crippen LogP contribution in [0.3, 0.4) is 0 Å². The molecule has 1 atom stereocenters. The normalized spacial score (nSPS) is 16.4. The summed E-state index contributed by atoms with van der Waals surface area (Å²) in [7, 11) is -4.48. The number of carbonyl (C=O) groups is 1. The molecule has 0 saturated carbocycles. The zero-order chi connectivity index (χ0) is 23.7. The second-order valence-electron chi connectivity index (χ2n) is 7.50. The molecule has 0 fully saturated rings. The highest BCUT2D eigenvalue weighted by atomic mass is 32.2. The summed E-state index contributed by atoms with van der Waals surface area (Å²) >= 11 is 0. The van der Waals surface area contributed by atoms with Crippen LogP contribution in [-0.2, 0) is 27.4 Å². The summed E-state index contributed by atoms with van der Waals surface area (Å²) in [6.07, 6.45) is -4.33. The summed E-state index contributed by atoms with van der Waals surface area (Å²) in [5.74, 6) is -1.31. The van der Waals surface area contributed by atoms with E-state index >= 15 is 0 Å². The van der Waals surface area contributed by atoms with Crippen molar-refractivity contribution in [2.45, 2.75) is 56.7 Å². The van der Waals surface area contributed by atoms with Gasteiger partial charge in [-0.25, -0.2) is 12.8 Å². The van der Waals surface area contributed by atoms with Crippen molar-refractivity contribution in [3.8, 4) is 5.75 Å². The number of ether oxygens (including phenoxy) is 1. The Morgan fingerprint density at radius 2 is 1.88 bits per heavy atom. The Morgan fingerprint density at radius 1 is 1.16 bits per heavy atom. The molecule has 1 aliphatic heterocycles. The van der Waals surface area contributed by atoms with Crippen LogP contribution >= 0.6 is 0 Å². The van der Waals surface area contributed by atoms with Crippen molar-refractivity contribution in [2.24, 2.45) is 0 Å². The van der Waals surface area contributed by atoms with Gasteiger partial charge >= 0.3 is 6.18 Å². The molecule has 0 radical (unpaired) electrons. The molecule has 0 aliphatic carbocycles. The highest BCUT2D eigenvalue weighted by molar-refractivity contribution is 7.92. The lowest BCUT2D eigenvalue weighted by Gasteiger charge is -2.36. The third-order valence-corrected chi connectivity index (χ3v) is 7.11. The number of fused-ring (bicyclic) bond motifs is 1. The first-order chi connectivity index (χ1) is 15.0. The summed E-state index contributed by atoms with van der Waals surface area (Å²) in [6.45, 7) is 3.41. The minimum atomic E-state index is -5.04. The van der Waals surface area contributed by atoms with Crippen LogP contribution in [0.4, 0.5) is 23.2 Å². The van der Waals surface area contributed by atoms with E-state index in [-0.39, 0.29) is 36.6 Å². The third-order valence-electron chi connectivity index (χ3n) is 5.33. The number of rotatable bonds is 7. The number of ketones is 1. The second kappa shape index (κ2) is 9.09. The Kier molecular flexibility index (Phi) is 6.83. The monoisotopic (exact) mass is 473 g/mol. The first-order valence-corrected chi connectivity index (χ1v) is 11.6. The van der Waals surface area contributed by atoms with Crippen LogP contribution in [0.25, 0.3) is 0 Å². The van der Waals surface area contributed by atoms with Gasteiger partial charge in [0.1, 0.15) is 23.5 Å². The molecular weight excluding hydrogens is 450 g/mol. The Hall–Kier alpha value is -2.62. The van der Waals surface area contributed by atoms with E-state index < -0.39 is 38.6 Å². The van der Waals surface area contributed by atoms with Gasteiger partial charge in [-0.2, -0.15) is 13.2 Å². The number of hydrogen-bond acceptors (Lipinski definition) is 4. The van der Waals surface area contributed by atoms with Gasteiger partial charge in [0.2, 0.25) is 0 Å². The molecule has 0 N–H and O–H groups in total. The van der Waals surface area contributed by atoms with Crippen LogP contribution < -0.4 is 9.04 Å². The largest absolute Gasteiger partial charge is 0.486 e. The van der Waals surface area contributed by atoms with Gasteiger partial charge in [0, 0.05) is 12.8 Å². The number of halogens is 4. The Morgan fingerprint density at radius 3 is 2.50 bits per heavy atom. The summed E-state index contributed by atoms with van der Waals surface area (Å²) < 4.78 is 86.9. The molecular formula is C22H23F4NO4S. The standard InChI is InChI=1S/C22H23F4NO4S/c1-3-14-5-10-21-20(11-14)27(13-16(31-21)7-6-15(28)4-2)32(29,30)17-8-9-19(23)18(12-17)22(24,25)26/h5,8-12,16H,3-4,6-7,13H2,1-2H3. The molecule has 5 nitrogen and oxygen atoms in total. The summed E-state index contributed by atoms with van der Waals surface area (Å²) in [6, 6.07) is 6.60. The molecule has 1 heterocycles. The Balaban J connectivity index is 2.06. The van der Waals surface area contributed by atoms with Gasteiger partial charge in [0.25, 0.3) is 10.0 Å². The predicted molar refractivity (Wildman–Crippen MR) is 111 cm³/mol. The van der Waals surface area contributed by atoms with Gasteiger partial charge in [-0.05, 0) is 48.7 Å². The molecule has 1 aliphatic rings. The number of carbonyl (C=O) groups excluding carboxylic acids is 1. The first kappa shape index (κ1) is 24.0. The minimum absolute atomic E-state index is 0.0107. The highest BCUT2D eigenvalue weighted by Crippen LogP contribution is 2.40. The maximum absolute atomic E-state index is 13.7. The lowest BCUT2D eigenvalue weighted by atomic mass is 10.1. The van der Waals surface area contributed by atoms with E-state index in [0.29, 0.717) is 25.0 Å². The minimum Gasteiger partial charge on any atom is -0.486 e. The average Bonchev–Trinajstić information content (AvgIpc) is 2.75. The molecule has 1 unspecified atom stereocenters. The number of Topliss-reactive ketones (excluding diaryl/α,β-unsaturated/α-hetero) is 1. The number of benzene rings is 2. The summed E-state index contributed by atoms with van der Waals surface area (Å²) in [5, 5.41) is 0. The van der Waals surface area contributed by atoms with Gasteiger partial charge in [0.15, 0.2) is 0 Å². The molecule has 32 heavy (non-hydrogen) atoms. The average molecular weight is 473 g/mol. The molecule has 3 rings (SSSR count). The molecule has 0 saturated heterocycles. The zero-order valence-corrected chi connectivity index (χ0v) is 18.4. The number of anilines is 1. The van der Waals surface area contributed by atoms with Gasteiger partial charge in [-0.15, -0.1) is 0 Å². The molecule has 2 aromatic carbocycles. The fourth-order valence-electron chi connectivity index (χ4n) is 3.46. The van der Waals surface area contributed by atoms with E-state index in [1.165, 1.54) is 0 Å². The van der Waals surface area contributed by atoms with Crippen LogP contribution in [0, 0.1) is 5.82 Å². The van der Waals surface area contributed by atoms with Gasteiger partial charge in [-0.3, -0.25) is 9.10 Å². The molecule has 2 aromatic rings. The molecule has 0 bridgehead atoms. The van der Waals surface area contributed by atoms with E-state index in [1.54, 1.807) is 25.1 Å². The molecule has 10 heteroatoms. The van der Waals surface area contributed by atoms with E-state index in [0.717, 1.165) is 15.9 Å². The topological polar surface area (TPSA) is 63.7 Å². The van der Waals surface area contributed by atoms with Crippen molar-refractivity contribution in [1.29, 1.82) is 0 Å². The van der Waals surface area contributed by atoms with Crippen LogP contribution in [0.15, 0.2) is 41.3 Å². The third kappa shape index (κ3) is 4.90. The predicted octanol–water partition coefficient (Wildman–Crippen LogP) is 5.12. The summed E-state index contributed by atoms with van der Waals surface area (Å²) in [4.78, 5) is 11.0. The smallest absolute Gasteiger partial charge is 0.419 e. The number of alkyl halides is 3. The van der Waals surface area contributed by atoms with Crippen molar-refractivity contribution < 1.29 is 35.5 Å². The lowest BCUT2D eigenvalue weighted by molar-refractivity contribution is -0.140. The quantitative estimate of drug-likeness (QED) is 0.524. The molecule has 0 aromatic heterocycles. The van der Waals surface area contributed by atoms with E-state index in [2.05, 4.69) is 0 Å². The lowest BCUT2D eigenvalue weighted by Crippen LogP contribution is -2.43. The molecule has 0 amide bonds. The van der Waals surface area contributed by atoms with Crippen LogP contribution in [0.1, 0.15) is 44.2 Å². The number of sulfonamides is 1. The maximum atomic E-state index is 13.7. The van der Waals surface area contributed by atoms with E-state index in [9.17, 15) is 30.8 Å². The Bertz CT molecular complexity index is 1120. The van der Waals surface area contributed by atoms with Crippen molar-refractivity contribution in [3.05, 3.63) is 53.3 Å². The van der Waals surface area contributed by atoms with Gasteiger partial charge in [0.05, 0.1) is 22.7 Å². The van der Waals surface area contributed by atoms with Crippen molar-refractivity contribution in [1.82, 2.24) is 0 Å². The van der Waals surface area contributed by atoms with Crippen molar-refractivity contribution >= 4 is 21.5 Å². The fraction of sp³-hybridized carbons (Fsp3) is 0.409. The summed E-state index contributed by atoms with van der Waals surface area (Å²) in [5.41, 5.74) is -0.651. The van der Waals surface area contributed by atoms with Gasteiger partial charge in [-0.1, -0.05) is 19.9 Å². The van der Waals surface area contributed by atoms with Crippen LogP contribution in [-0.4, -0.2) is 26.8 Å². The molecule has 0 spiro atoms. The van der Waals surface area contributed by atoms with Gasteiger partial charge < -0.3 is 4.74 Å². The Labute approximate surface area is 184 Å². The maximum Gasteiger partial charge on any atom is 0.419 e. The fourth-order valence-corrected chi connectivity index (χ4v) is 4.99. The van der Waals surface area contributed by atoms with E-state index in [4.69, 9.17) is 4.74 Å². The highest BCUT2D eigenvalue weighted by Gasteiger charge is 2.38. The van der Waals surface area contributed by atoms with Crippen LogP contribution in [0.2, 0.25) is 0 Å². The number of hydrogen-bond donors (Lipinski definition) is 0. The zero-order valence-electron chi connectivity index (χ0n) is 17.6. The number of aryl methyl sites for hydroxylation is 1. The number of nitrogens with zero attached hydrogens (tertiary/aromatic N) is 1. The first-order valence-electron chi connectivity index (χ1n) is 10.2. The second-order valence-corrected chi connectivity index (χ2v) is 9.36. The SMILES string of the molecule is CCC(=O)CCC1CN(S(=O)(=O)c2ccc(F)c(C(F)(F)F)c2)c2cc(CC)ccc2O1. The van der Waals surface area contributed by atoms with Crippen molar-refractivity contribution in [2.75, 3.05) is 10.8 Å². The molecule has 174 valence electrons. The van der Waals surface area contributed by atoms with E-state index in [1.807, 2.05) is 6.92 Å². The van der Waals surface area contributed by atoms with Crippen molar-refractivity contribution in [3.63, 3.8) is 0 Å².